The van der Waals surface area contributed by atoms with Crippen molar-refractivity contribution in [1.82, 2.24) is 19.8 Å². The SMILES string of the molecule is Cc1cc(NN)nc(CN(C)CCN2CCCC2)n1. The molecule has 1 saturated heterocycles. The maximum Gasteiger partial charge on any atom is 0.144 e. The van der Waals surface area contributed by atoms with Crippen LogP contribution in [0.25, 0.3) is 0 Å². The molecule has 2 rings (SSSR count). The van der Waals surface area contributed by atoms with Crippen LogP contribution in [0, 0.1) is 6.92 Å². The topological polar surface area (TPSA) is 70.3 Å². The maximum absolute atomic E-state index is 5.40. The normalized spacial score (nSPS) is 16.2. The first kappa shape index (κ1) is 14.2. The molecule has 6 heteroatoms. The van der Waals surface area contributed by atoms with E-state index in [2.05, 4.69) is 32.2 Å². The molecule has 0 unspecified atom stereocenters. The number of nitrogens with zero attached hydrogens (tertiary/aromatic N) is 4. The third-order valence-electron chi connectivity index (χ3n) is 3.46. The summed E-state index contributed by atoms with van der Waals surface area (Å²) >= 11 is 0. The molecule has 0 bridgehead atoms. The Morgan fingerprint density at radius 2 is 2.11 bits per heavy atom. The number of likely N-dealkylation sites (N-methyl/N-ethyl adjacent to an activating group) is 1. The van der Waals surface area contributed by atoms with Crippen molar-refractivity contribution in [3.05, 3.63) is 17.6 Å². The third-order valence-corrected chi connectivity index (χ3v) is 3.46. The highest BCUT2D eigenvalue weighted by molar-refractivity contribution is 5.33. The van der Waals surface area contributed by atoms with E-state index >= 15 is 0 Å². The number of rotatable bonds is 6. The fraction of sp³-hybridized carbons (Fsp3) is 0.692. The lowest BCUT2D eigenvalue weighted by Crippen LogP contribution is -2.31. The fourth-order valence-electron chi connectivity index (χ4n) is 2.41. The zero-order valence-corrected chi connectivity index (χ0v) is 11.9. The van der Waals surface area contributed by atoms with Crippen LogP contribution in [-0.2, 0) is 6.54 Å². The molecule has 6 nitrogen and oxygen atoms in total. The maximum atomic E-state index is 5.40. The molecule has 1 aliphatic heterocycles. The van der Waals surface area contributed by atoms with Crippen LogP contribution >= 0.6 is 0 Å². The smallest absolute Gasteiger partial charge is 0.144 e. The summed E-state index contributed by atoms with van der Waals surface area (Å²) < 4.78 is 0. The number of hydrogen-bond acceptors (Lipinski definition) is 6. The van der Waals surface area contributed by atoms with Gasteiger partial charge in [-0.25, -0.2) is 15.8 Å². The van der Waals surface area contributed by atoms with Crippen molar-refractivity contribution >= 4 is 5.82 Å². The molecule has 0 radical (unpaired) electrons. The van der Waals surface area contributed by atoms with Gasteiger partial charge in [-0.1, -0.05) is 0 Å². The number of nitrogens with two attached hydrogens (primary N) is 1. The van der Waals surface area contributed by atoms with E-state index in [0.717, 1.165) is 31.2 Å². The highest BCUT2D eigenvalue weighted by Gasteiger charge is 2.12. The average molecular weight is 264 g/mol. The summed E-state index contributed by atoms with van der Waals surface area (Å²) in [6.07, 6.45) is 2.69. The molecule has 2 heterocycles. The van der Waals surface area contributed by atoms with Crippen LogP contribution in [0.15, 0.2) is 6.07 Å². The van der Waals surface area contributed by atoms with Gasteiger partial charge in [0.25, 0.3) is 0 Å². The Hall–Kier alpha value is -1.24. The third kappa shape index (κ3) is 4.41. The number of likely N-dealkylation sites (tertiary alicyclic amines) is 1. The zero-order valence-electron chi connectivity index (χ0n) is 11.9. The van der Waals surface area contributed by atoms with Gasteiger partial charge in [0.2, 0.25) is 0 Å². The minimum Gasteiger partial charge on any atom is -0.308 e. The van der Waals surface area contributed by atoms with E-state index < -0.39 is 0 Å². The summed E-state index contributed by atoms with van der Waals surface area (Å²) in [6, 6.07) is 1.84. The van der Waals surface area contributed by atoms with Crippen molar-refractivity contribution in [1.29, 1.82) is 0 Å². The summed E-state index contributed by atoms with van der Waals surface area (Å²) in [6.45, 7) is 7.37. The summed E-state index contributed by atoms with van der Waals surface area (Å²) in [5, 5.41) is 0. The summed E-state index contributed by atoms with van der Waals surface area (Å²) in [5.74, 6) is 6.89. The zero-order chi connectivity index (χ0) is 13.7. The molecule has 0 atom stereocenters. The van der Waals surface area contributed by atoms with Crippen molar-refractivity contribution in [2.75, 3.05) is 38.7 Å². The van der Waals surface area contributed by atoms with Crippen molar-refractivity contribution < 1.29 is 0 Å². The number of aryl methyl sites for hydroxylation is 1. The second-order valence-electron chi connectivity index (χ2n) is 5.24. The fourth-order valence-corrected chi connectivity index (χ4v) is 2.41. The Balaban J connectivity index is 1.83. The molecular formula is C13H24N6. The van der Waals surface area contributed by atoms with Gasteiger partial charge in [-0.2, -0.15) is 0 Å². The predicted molar refractivity (Wildman–Crippen MR) is 76.6 cm³/mol. The number of aromatic nitrogens is 2. The molecular weight excluding hydrogens is 240 g/mol. The molecule has 0 amide bonds. The molecule has 19 heavy (non-hydrogen) atoms. The number of nitrogen functional groups attached to an aromatic ring is 1. The predicted octanol–water partition coefficient (Wildman–Crippen LogP) is 0.598. The van der Waals surface area contributed by atoms with Gasteiger partial charge in [-0.3, -0.25) is 4.90 Å². The van der Waals surface area contributed by atoms with E-state index in [0.29, 0.717) is 5.82 Å². The van der Waals surface area contributed by atoms with Crippen LogP contribution in [0.5, 0.6) is 0 Å². The Morgan fingerprint density at radius 1 is 1.37 bits per heavy atom. The van der Waals surface area contributed by atoms with E-state index in [-0.39, 0.29) is 0 Å². The lowest BCUT2D eigenvalue weighted by atomic mass is 10.4. The molecule has 1 fully saturated rings. The molecule has 0 aliphatic carbocycles. The molecule has 1 aliphatic rings. The van der Waals surface area contributed by atoms with Crippen molar-refractivity contribution in [3.8, 4) is 0 Å². The first-order valence-electron chi connectivity index (χ1n) is 6.89. The summed E-state index contributed by atoms with van der Waals surface area (Å²) in [5.41, 5.74) is 3.52. The number of hydrazine groups is 1. The molecule has 0 aromatic carbocycles. The second kappa shape index (κ2) is 6.79. The number of anilines is 1. The van der Waals surface area contributed by atoms with Gasteiger partial charge in [-0.05, 0) is 39.9 Å². The van der Waals surface area contributed by atoms with Crippen LogP contribution in [0.1, 0.15) is 24.4 Å². The Morgan fingerprint density at radius 3 is 2.79 bits per heavy atom. The first-order valence-corrected chi connectivity index (χ1v) is 6.89. The Labute approximate surface area is 115 Å². The van der Waals surface area contributed by atoms with Gasteiger partial charge in [0.05, 0.1) is 6.54 Å². The highest BCUT2D eigenvalue weighted by Crippen LogP contribution is 2.08. The van der Waals surface area contributed by atoms with Crippen molar-refractivity contribution in [3.63, 3.8) is 0 Å². The van der Waals surface area contributed by atoms with Crippen LogP contribution < -0.4 is 11.3 Å². The Kier molecular flexibility index (Phi) is 5.07. The van der Waals surface area contributed by atoms with Gasteiger partial charge in [0.15, 0.2) is 0 Å². The molecule has 106 valence electrons. The monoisotopic (exact) mass is 264 g/mol. The standard InChI is InChI=1S/C13H24N6/c1-11-9-12(17-14)16-13(15-11)10-18(2)7-8-19-5-3-4-6-19/h9H,3-8,10,14H2,1-2H3,(H,15,16,17). The van der Waals surface area contributed by atoms with E-state index in [4.69, 9.17) is 5.84 Å². The van der Waals surface area contributed by atoms with E-state index in [9.17, 15) is 0 Å². The quantitative estimate of drug-likeness (QED) is 0.579. The van der Waals surface area contributed by atoms with Crippen molar-refractivity contribution in [2.45, 2.75) is 26.3 Å². The van der Waals surface area contributed by atoms with Gasteiger partial charge in [0.1, 0.15) is 11.6 Å². The molecule has 3 N–H and O–H groups in total. The number of hydrogen-bond donors (Lipinski definition) is 2. The van der Waals surface area contributed by atoms with Crippen LogP contribution in [-0.4, -0.2) is 53.0 Å². The number of nitrogens with one attached hydrogen (secondary N) is 1. The average Bonchev–Trinajstić information content (AvgIpc) is 2.88. The summed E-state index contributed by atoms with van der Waals surface area (Å²) in [7, 11) is 2.11. The molecule has 1 aromatic heterocycles. The van der Waals surface area contributed by atoms with E-state index in [1.54, 1.807) is 0 Å². The van der Waals surface area contributed by atoms with Gasteiger partial charge >= 0.3 is 0 Å². The van der Waals surface area contributed by atoms with Gasteiger partial charge in [0, 0.05) is 24.8 Å². The molecule has 0 saturated carbocycles. The van der Waals surface area contributed by atoms with E-state index in [1.165, 1.54) is 25.9 Å². The van der Waals surface area contributed by atoms with Gasteiger partial charge in [-0.15, -0.1) is 0 Å². The highest BCUT2D eigenvalue weighted by atomic mass is 15.3. The lowest BCUT2D eigenvalue weighted by molar-refractivity contribution is 0.248. The molecule has 0 spiro atoms. The second-order valence-corrected chi connectivity index (χ2v) is 5.24. The Bertz CT molecular complexity index is 402. The molecule has 1 aromatic rings. The largest absolute Gasteiger partial charge is 0.308 e. The van der Waals surface area contributed by atoms with E-state index in [1.807, 2.05) is 13.0 Å². The van der Waals surface area contributed by atoms with Crippen molar-refractivity contribution in [2.24, 2.45) is 5.84 Å². The lowest BCUT2D eigenvalue weighted by Gasteiger charge is -2.20. The van der Waals surface area contributed by atoms with Crippen LogP contribution in [0.4, 0.5) is 5.82 Å². The van der Waals surface area contributed by atoms with Crippen LogP contribution in [0.2, 0.25) is 0 Å². The van der Waals surface area contributed by atoms with Gasteiger partial charge < -0.3 is 10.3 Å². The minimum absolute atomic E-state index is 0.676. The summed E-state index contributed by atoms with van der Waals surface area (Å²) in [4.78, 5) is 13.6. The van der Waals surface area contributed by atoms with Crippen LogP contribution in [0.3, 0.4) is 0 Å². The minimum atomic E-state index is 0.676. The first-order chi connectivity index (χ1) is 9.17.